The second-order valence-corrected chi connectivity index (χ2v) is 5.34. The van der Waals surface area contributed by atoms with Crippen molar-refractivity contribution in [3.63, 3.8) is 0 Å². The van der Waals surface area contributed by atoms with Gasteiger partial charge in [0, 0.05) is 23.4 Å². The number of nitrogens with one attached hydrogen (secondary N) is 1. The predicted molar refractivity (Wildman–Crippen MR) is 91.9 cm³/mol. The van der Waals surface area contributed by atoms with Gasteiger partial charge in [-0.1, -0.05) is 36.7 Å². The molecule has 0 saturated heterocycles. The predicted octanol–water partition coefficient (Wildman–Crippen LogP) is 4.74. The summed E-state index contributed by atoms with van der Waals surface area (Å²) in [4.78, 5) is 1.90. The van der Waals surface area contributed by atoms with Crippen molar-refractivity contribution in [1.29, 1.82) is 0 Å². The summed E-state index contributed by atoms with van der Waals surface area (Å²) >= 11 is 11.4. The van der Waals surface area contributed by atoms with Crippen LogP contribution in [0.2, 0.25) is 5.02 Å². The van der Waals surface area contributed by atoms with Gasteiger partial charge in [-0.05, 0) is 54.5 Å². The van der Waals surface area contributed by atoms with E-state index in [1.54, 1.807) is 0 Å². The fourth-order valence-electron chi connectivity index (χ4n) is 1.83. The third kappa shape index (κ3) is 3.71. The van der Waals surface area contributed by atoms with Crippen molar-refractivity contribution >= 4 is 40.3 Å². The zero-order valence-electron chi connectivity index (χ0n) is 11.6. The Balaban J connectivity index is 2.07. The molecule has 0 atom stereocenters. The van der Waals surface area contributed by atoms with E-state index in [1.807, 2.05) is 48.3 Å². The van der Waals surface area contributed by atoms with Gasteiger partial charge in [0.1, 0.15) is 0 Å². The number of rotatable bonds is 3. The molecule has 104 valence electrons. The molecule has 0 aliphatic rings. The number of halogens is 1. The SMILES string of the molecule is CCc1ccc(NC(=S)N(C)c2cccc(Cl)c2)cc1. The number of nitrogens with zero attached hydrogens (tertiary/aromatic N) is 1. The molecule has 0 heterocycles. The van der Waals surface area contributed by atoms with Crippen molar-refractivity contribution in [2.24, 2.45) is 0 Å². The van der Waals surface area contributed by atoms with E-state index in [1.165, 1.54) is 5.56 Å². The highest BCUT2D eigenvalue weighted by atomic mass is 35.5. The van der Waals surface area contributed by atoms with E-state index in [0.29, 0.717) is 10.1 Å². The summed E-state index contributed by atoms with van der Waals surface area (Å²) < 4.78 is 0. The minimum absolute atomic E-state index is 0.636. The monoisotopic (exact) mass is 304 g/mol. The Morgan fingerprint density at radius 3 is 2.50 bits per heavy atom. The number of benzene rings is 2. The first-order valence-electron chi connectivity index (χ1n) is 6.49. The lowest BCUT2D eigenvalue weighted by Gasteiger charge is -2.21. The highest BCUT2D eigenvalue weighted by molar-refractivity contribution is 7.80. The van der Waals surface area contributed by atoms with Crippen LogP contribution in [0.25, 0.3) is 0 Å². The molecule has 0 radical (unpaired) electrons. The van der Waals surface area contributed by atoms with E-state index in [2.05, 4.69) is 24.4 Å². The van der Waals surface area contributed by atoms with Crippen LogP contribution in [-0.2, 0) is 6.42 Å². The molecule has 0 unspecified atom stereocenters. The highest BCUT2D eigenvalue weighted by Crippen LogP contribution is 2.19. The first-order valence-corrected chi connectivity index (χ1v) is 7.28. The Labute approximate surface area is 130 Å². The van der Waals surface area contributed by atoms with Crippen molar-refractivity contribution in [2.45, 2.75) is 13.3 Å². The van der Waals surface area contributed by atoms with Crippen LogP contribution >= 0.6 is 23.8 Å². The van der Waals surface area contributed by atoms with Crippen LogP contribution < -0.4 is 10.2 Å². The average Bonchev–Trinajstić information content (AvgIpc) is 2.47. The Morgan fingerprint density at radius 1 is 1.20 bits per heavy atom. The largest absolute Gasteiger partial charge is 0.332 e. The second-order valence-electron chi connectivity index (χ2n) is 4.52. The van der Waals surface area contributed by atoms with E-state index in [-0.39, 0.29) is 0 Å². The molecule has 2 rings (SSSR count). The molecule has 2 aromatic rings. The molecular weight excluding hydrogens is 288 g/mol. The number of anilines is 2. The van der Waals surface area contributed by atoms with Gasteiger partial charge in [0.05, 0.1) is 0 Å². The van der Waals surface area contributed by atoms with Crippen molar-refractivity contribution in [3.05, 3.63) is 59.1 Å². The molecule has 0 aliphatic carbocycles. The maximum atomic E-state index is 6.00. The molecule has 1 N–H and O–H groups in total. The molecule has 2 aromatic carbocycles. The maximum absolute atomic E-state index is 6.00. The van der Waals surface area contributed by atoms with Crippen molar-refractivity contribution in [1.82, 2.24) is 0 Å². The number of thiocarbonyl (C=S) groups is 1. The zero-order chi connectivity index (χ0) is 14.5. The zero-order valence-corrected chi connectivity index (χ0v) is 13.1. The Morgan fingerprint density at radius 2 is 1.90 bits per heavy atom. The summed E-state index contributed by atoms with van der Waals surface area (Å²) in [5.74, 6) is 0. The summed E-state index contributed by atoms with van der Waals surface area (Å²) in [7, 11) is 1.92. The van der Waals surface area contributed by atoms with Crippen LogP contribution in [0.15, 0.2) is 48.5 Å². The van der Waals surface area contributed by atoms with E-state index in [4.69, 9.17) is 23.8 Å². The first-order chi connectivity index (χ1) is 9.60. The minimum atomic E-state index is 0.636. The van der Waals surface area contributed by atoms with Gasteiger partial charge >= 0.3 is 0 Å². The Kier molecular flexibility index (Phi) is 4.99. The summed E-state index contributed by atoms with van der Waals surface area (Å²) in [5, 5.41) is 4.56. The van der Waals surface area contributed by atoms with Crippen LogP contribution in [0.3, 0.4) is 0 Å². The van der Waals surface area contributed by atoms with Crippen molar-refractivity contribution in [2.75, 3.05) is 17.3 Å². The van der Waals surface area contributed by atoms with Crippen LogP contribution in [0.1, 0.15) is 12.5 Å². The lowest BCUT2D eigenvalue weighted by atomic mass is 10.1. The molecule has 0 spiro atoms. The third-order valence-corrected chi connectivity index (χ3v) is 3.72. The van der Waals surface area contributed by atoms with E-state index in [0.717, 1.165) is 17.8 Å². The van der Waals surface area contributed by atoms with E-state index >= 15 is 0 Å². The standard InChI is InChI=1S/C16H17ClN2S/c1-3-12-7-9-14(10-8-12)18-16(20)19(2)15-6-4-5-13(17)11-15/h4-11H,3H2,1-2H3,(H,18,20). The fourth-order valence-corrected chi connectivity index (χ4v) is 2.24. The summed E-state index contributed by atoms with van der Waals surface area (Å²) in [6.07, 6.45) is 1.03. The van der Waals surface area contributed by atoms with Gasteiger partial charge in [0.25, 0.3) is 0 Å². The lowest BCUT2D eigenvalue weighted by Crippen LogP contribution is -2.30. The van der Waals surface area contributed by atoms with Crippen molar-refractivity contribution < 1.29 is 0 Å². The number of hydrogen-bond donors (Lipinski definition) is 1. The fraction of sp³-hybridized carbons (Fsp3) is 0.188. The number of hydrogen-bond acceptors (Lipinski definition) is 1. The molecule has 0 aliphatic heterocycles. The van der Waals surface area contributed by atoms with Crippen LogP contribution in [0.5, 0.6) is 0 Å². The summed E-state index contributed by atoms with van der Waals surface area (Å²) in [6.45, 7) is 2.14. The Hall–Kier alpha value is -1.58. The molecule has 4 heteroatoms. The lowest BCUT2D eigenvalue weighted by molar-refractivity contribution is 1.14. The molecule has 0 aromatic heterocycles. The minimum Gasteiger partial charge on any atom is -0.332 e. The smallest absolute Gasteiger partial charge is 0.177 e. The van der Waals surface area contributed by atoms with Crippen LogP contribution in [0.4, 0.5) is 11.4 Å². The van der Waals surface area contributed by atoms with Gasteiger partial charge in [0.15, 0.2) is 5.11 Å². The van der Waals surface area contributed by atoms with Gasteiger partial charge in [0.2, 0.25) is 0 Å². The van der Waals surface area contributed by atoms with Gasteiger partial charge in [-0.15, -0.1) is 0 Å². The first kappa shape index (κ1) is 14.8. The highest BCUT2D eigenvalue weighted by Gasteiger charge is 2.07. The summed E-state index contributed by atoms with van der Waals surface area (Å²) in [6, 6.07) is 15.9. The molecule has 0 fully saturated rings. The van der Waals surface area contributed by atoms with E-state index < -0.39 is 0 Å². The van der Waals surface area contributed by atoms with Gasteiger partial charge in [-0.3, -0.25) is 0 Å². The van der Waals surface area contributed by atoms with Crippen LogP contribution in [-0.4, -0.2) is 12.2 Å². The Bertz CT molecular complexity index is 596. The van der Waals surface area contributed by atoms with Crippen molar-refractivity contribution in [3.8, 4) is 0 Å². The molecule has 20 heavy (non-hydrogen) atoms. The molecule has 2 nitrogen and oxygen atoms in total. The molecule has 0 amide bonds. The molecule has 0 bridgehead atoms. The van der Waals surface area contributed by atoms with Crippen LogP contribution in [0, 0.1) is 0 Å². The molecule has 0 saturated carbocycles. The van der Waals surface area contributed by atoms with Gasteiger partial charge < -0.3 is 10.2 Å². The topological polar surface area (TPSA) is 15.3 Å². The number of aryl methyl sites for hydroxylation is 1. The second kappa shape index (κ2) is 6.73. The van der Waals surface area contributed by atoms with Gasteiger partial charge in [-0.25, -0.2) is 0 Å². The van der Waals surface area contributed by atoms with Gasteiger partial charge in [-0.2, -0.15) is 0 Å². The molecular formula is C16H17ClN2S. The summed E-state index contributed by atoms with van der Waals surface area (Å²) in [5.41, 5.74) is 3.26. The normalized spacial score (nSPS) is 10.2. The third-order valence-electron chi connectivity index (χ3n) is 3.11. The average molecular weight is 305 g/mol. The quantitative estimate of drug-likeness (QED) is 0.825. The van der Waals surface area contributed by atoms with E-state index in [9.17, 15) is 0 Å². The maximum Gasteiger partial charge on any atom is 0.177 e.